The second-order valence-corrected chi connectivity index (χ2v) is 9.17. The van der Waals surface area contributed by atoms with Gasteiger partial charge in [0.15, 0.2) is 11.0 Å². The molecule has 5 rings (SSSR count). The van der Waals surface area contributed by atoms with E-state index in [9.17, 15) is 9.59 Å². The van der Waals surface area contributed by atoms with Crippen LogP contribution in [0, 0.1) is 0 Å². The Labute approximate surface area is 201 Å². The van der Waals surface area contributed by atoms with Crippen molar-refractivity contribution in [3.63, 3.8) is 0 Å². The van der Waals surface area contributed by atoms with Crippen molar-refractivity contribution in [2.45, 2.75) is 23.9 Å². The fraction of sp³-hybridized carbons (Fsp3) is 0.160. The smallest absolute Gasteiger partial charge is 0.244 e. The molecule has 2 aromatic heterocycles. The summed E-state index contributed by atoms with van der Waals surface area (Å²) in [5.41, 5.74) is 3.32. The van der Waals surface area contributed by atoms with E-state index in [1.54, 1.807) is 18.5 Å². The van der Waals surface area contributed by atoms with Crippen molar-refractivity contribution >= 4 is 35.0 Å². The minimum absolute atomic E-state index is 0.0142. The van der Waals surface area contributed by atoms with Gasteiger partial charge in [-0.3, -0.25) is 24.0 Å². The van der Waals surface area contributed by atoms with E-state index < -0.39 is 5.25 Å². The Morgan fingerprint density at radius 3 is 2.56 bits per heavy atom. The molecule has 0 fully saturated rings. The van der Waals surface area contributed by atoms with Gasteiger partial charge in [-0.1, -0.05) is 54.2 Å². The number of benzene rings is 2. The Bertz CT molecular complexity index is 1330. The summed E-state index contributed by atoms with van der Waals surface area (Å²) >= 11 is 1.33. The van der Waals surface area contributed by atoms with Gasteiger partial charge < -0.3 is 5.32 Å². The molecular formula is C25H22N6O2S. The SMILES string of the molecule is C[C@@H](Sc1nnc(-c2ccncc2)n1Cc1ccccc1)C(=O)N1CC(=O)Nc2ccccc21. The Hall–Kier alpha value is -3.98. The number of para-hydroxylation sites is 2. The van der Waals surface area contributed by atoms with E-state index in [0.29, 0.717) is 28.9 Å². The van der Waals surface area contributed by atoms with Crippen LogP contribution in [0.3, 0.4) is 0 Å². The van der Waals surface area contributed by atoms with Crippen molar-refractivity contribution in [1.82, 2.24) is 19.7 Å². The highest BCUT2D eigenvalue weighted by molar-refractivity contribution is 8.00. The van der Waals surface area contributed by atoms with E-state index >= 15 is 0 Å². The van der Waals surface area contributed by atoms with Crippen LogP contribution in [0.5, 0.6) is 0 Å². The molecule has 8 nitrogen and oxygen atoms in total. The van der Waals surface area contributed by atoms with Crippen LogP contribution in [0.25, 0.3) is 11.4 Å². The highest BCUT2D eigenvalue weighted by Crippen LogP contribution is 2.33. The van der Waals surface area contributed by atoms with Gasteiger partial charge in [0.25, 0.3) is 0 Å². The van der Waals surface area contributed by atoms with Crippen LogP contribution in [0.15, 0.2) is 84.3 Å². The molecule has 0 aliphatic carbocycles. The number of aromatic nitrogens is 4. The first-order chi connectivity index (χ1) is 16.6. The number of thioether (sulfide) groups is 1. The zero-order valence-electron chi connectivity index (χ0n) is 18.5. The summed E-state index contributed by atoms with van der Waals surface area (Å²) < 4.78 is 2.01. The highest BCUT2D eigenvalue weighted by atomic mass is 32.2. The van der Waals surface area contributed by atoms with E-state index in [2.05, 4.69) is 20.5 Å². The molecule has 0 saturated heterocycles. The highest BCUT2D eigenvalue weighted by Gasteiger charge is 2.31. The molecule has 0 spiro atoms. The molecule has 9 heteroatoms. The summed E-state index contributed by atoms with van der Waals surface area (Å²) in [6.45, 7) is 2.37. The summed E-state index contributed by atoms with van der Waals surface area (Å²) in [5.74, 6) is 0.333. The maximum atomic E-state index is 13.4. The molecule has 3 heterocycles. The number of carbonyl (C=O) groups excluding carboxylic acids is 2. The van der Waals surface area contributed by atoms with Crippen LogP contribution in [0.4, 0.5) is 11.4 Å². The van der Waals surface area contributed by atoms with Gasteiger partial charge in [-0.25, -0.2) is 0 Å². The summed E-state index contributed by atoms with van der Waals surface area (Å²) in [4.78, 5) is 31.2. The van der Waals surface area contributed by atoms with Crippen LogP contribution < -0.4 is 10.2 Å². The Kier molecular flexibility index (Phi) is 6.09. The van der Waals surface area contributed by atoms with Crippen LogP contribution in [-0.2, 0) is 16.1 Å². The normalized spacial score (nSPS) is 13.8. The third-order valence-corrected chi connectivity index (χ3v) is 6.57. The number of nitrogens with one attached hydrogen (secondary N) is 1. The molecule has 0 bridgehead atoms. The van der Waals surface area contributed by atoms with Gasteiger partial charge >= 0.3 is 0 Å². The standard InChI is InChI=1S/C25H22N6O2S/c1-17(24(33)30-16-22(32)27-20-9-5-6-10-21(20)30)34-25-29-28-23(19-11-13-26-14-12-19)31(25)15-18-7-3-2-4-8-18/h2-14,17H,15-16H2,1H3,(H,27,32)/t17-/m1/s1. The zero-order chi connectivity index (χ0) is 23.5. The first-order valence-electron chi connectivity index (χ1n) is 10.8. The van der Waals surface area contributed by atoms with Crippen molar-refractivity contribution < 1.29 is 9.59 Å². The monoisotopic (exact) mass is 470 g/mol. The molecule has 1 aliphatic rings. The largest absolute Gasteiger partial charge is 0.323 e. The van der Waals surface area contributed by atoms with Gasteiger partial charge in [-0.15, -0.1) is 10.2 Å². The van der Waals surface area contributed by atoms with Gasteiger partial charge in [-0.05, 0) is 36.8 Å². The molecule has 1 aliphatic heterocycles. The molecule has 2 amide bonds. The van der Waals surface area contributed by atoms with Crippen LogP contribution >= 0.6 is 11.8 Å². The lowest BCUT2D eigenvalue weighted by atomic mass is 10.2. The van der Waals surface area contributed by atoms with Crippen LogP contribution in [0.1, 0.15) is 12.5 Å². The van der Waals surface area contributed by atoms with Gasteiger partial charge in [0, 0.05) is 18.0 Å². The van der Waals surface area contributed by atoms with Crippen molar-refractivity contribution in [2.24, 2.45) is 0 Å². The number of rotatable bonds is 6. The number of amides is 2. The van der Waals surface area contributed by atoms with E-state index in [0.717, 1.165) is 11.1 Å². The molecule has 0 unspecified atom stereocenters. The molecule has 34 heavy (non-hydrogen) atoms. The van der Waals surface area contributed by atoms with Crippen molar-refractivity contribution in [3.8, 4) is 11.4 Å². The molecule has 170 valence electrons. The topological polar surface area (TPSA) is 93.0 Å². The maximum Gasteiger partial charge on any atom is 0.244 e. The summed E-state index contributed by atoms with van der Waals surface area (Å²) in [5, 5.41) is 11.8. The predicted octanol–water partition coefficient (Wildman–Crippen LogP) is 3.85. The molecule has 1 N–H and O–H groups in total. The zero-order valence-corrected chi connectivity index (χ0v) is 19.3. The summed E-state index contributed by atoms with van der Waals surface area (Å²) in [6.07, 6.45) is 3.43. The second-order valence-electron chi connectivity index (χ2n) is 7.86. The fourth-order valence-corrected chi connectivity index (χ4v) is 4.77. The lowest BCUT2D eigenvalue weighted by Crippen LogP contribution is -2.45. The molecule has 0 radical (unpaired) electrons. The number of nitrogens with zero attached hydrogens (tertiary/aromatic N) is 5. The Morgan fingerprint density at radius 1 is 1.03 bits per heavy atom. The second kappa shape index (κ2) is 9.48. The van der Waals surface area contributed by atoms with E-state index in [-0.39, 0.29) is 18.4 Å². The van der Waals surface area contributed by atoms with E-state index in [1.165, 1.54) is 16.7 Å². The van der Waals surface area contributed by atoms with E-state index in [1.807, 2.05) is 72.2 Å². The van der Waals surface area contributed by atoms with Crippen molar-refractivity contribution in [3.05, 3.63) is 84.7 Å². The third-order valence-electron chi connectivity index (χ3n) is 5.51. The number of pyridine rings is 1. The summed E-state index contributed by atoms with van der Waals surface area (Å²) in [7, 11) is 0. The first-order valence-corrected chi connectivity index (χ1v) is 11.7. The molecular weight excluding hydrogens is 448 g/mol. The minimum Gasteiger partial charge on any atom is -0.323 e. The summed E-state index contributed by atoms with van der Waals surface area (Å²) in [6, 6.07) is 21.1. The van der Waals surface area contributed by atoms with Gasteiger partial charge in [0.2, 0.25) is 11.8 Å². The minimum atomic E-state index is -0.483. The maximum absolute atomic E-state index is 13.4. The number of hydrogen-bond acceptors (Lipinski definition) is 6. The van der Waals surface area contributed by atoms with Gasteiger partial charge in [-0.2, -0.15) is 0 Å². The number of carbonyl (C=O) groups is 2. The number of anilines is 2. The van der Waals surface area contributed by atoms with Crippen LogP contribution in [-0.4, -0.2) is 43.4 Å². The van der Waals surface area contributed by atoms with Crippen molar-refractivity contribution in [1.29, 1.82) is 0 Å². The average molecular weight is 471 g/mol. The lowest BCUT2D eigenvalue weighted by molar-refractivity contribution is -0.121. The third kappa shape index (κ3) is 4.42. The van der Waals surface area contributed by atoms with Crippen molar-refractivity contribution in [2.75, 3.05) is 16.8 Å². The molecule has 2 aromatic carbocycles. The van der Waals surface area contributed by atoms with Crippen LogP contribution in [0.2, 0.25) is 0 Å². The van der Waals surface area contributed by atoms with Gasteiger partial charge in [0.1, 0.15) is 6.54 Å². The molecule has 0 saturated carbocycles. The Balaban J connectivity index is 1.44. The lowest BCUT2D eigenvalue weighted by Gasteiger charge is -2.30. The molecule has 1 atom stereocenters. The predicted molar refractivity (Wildman–Crippen MR) is 132 cm³/mol. The Morgan fingerprint density at radius 2 is 1.76 bits per heavy atom. The van der Waals surface area contributed by atoms with E-state index in [4.69, 9.17) is 0 Å². The quantitative estimate of drug-likeness (QED) is 0.430. The molecule has 4 aromatic rings. The average Bonchev–Trinajstić information content (AvgIpc) is 3.26. The fourth-order valence-electron chi connectivity index (χ4n) is 3.86. The van der Waals surface area contributed by atoms with Gasteiger partial charge in [0.05, 0.1) is 23.2 Å². The number of hydrogen-bond donors (Lipinski definition) is 1. The first kappa shape index (κ1) is 21.8. The number of fused-ring (bicyclic) bond motifs is 1.